The summed E-state index contributed by atoms with van der Waals surface area (Å²) >= 11 is 0. The molecule has 23 heavy (non-hydrogen) atoms. The Morgan fingerprint density at radius 3 is 2.78 bits per heavy atom. The number of imidazole rings is 1. The van der Waals surface area contributed by atoms with Crippen LogP contribution in [-0.2, 0) is 22.8 Å². The molecule has 1 fully saturated rings. The Bertz CT molecular complexity index is 800. The van der Waals surface area contributed by atoms with E-state index in [1.54, 1.807) is 6.33 Å². The number of hydrogen-bond donors (Lipinski definition) is 1. The summed E-state index contributed by atoms with van der Waals surface area (Å²) in [7, 11) is -1.49. The molecule has 1 aromatic heterocycles. The number of hydrogen-bond acceptors (Lipinski definition) is 4. The van der Waals surface area contributed by atoms with E-state index in [4.69, 9.17) is 5.73 Å². The summed E-state index contributed by atoms with van der Waals surface area (Å²) in [5.41, 5.74) is 8.89. The number of aryl methyl sites for hydroxylation is 2. The van der Waals surface area contributed by atoms with Gasteiger partial charge in [-0.1, -0.05) is 29.8 Å². The van der Waals surface area contributed by atoms with Crippen LogP contribution in [0, 0.1) is 6.92 Å². The Balaban J connectivity index is 1.76. The van der Waals surface area contributed by atoms with Crippen molar-refractivity contribution in [2.75, 3.05) is 13.1 Å². The maximum Gasteiger partial charge on any atom is 0.218 e. The topological polar surface area (TPSA) is 81.2 Å². The molecule has 2 N–H and O–H groups in total. The number of nitrogens with two attached hydrogens (primary N) is 1. The van der Waals surface area contributed by atoms with Crippen LogP contribution in [-0.4, -0.2) is 41.4 Å². The average molecular weight is 334 g/mol. The van der Waals surface area contributed by atoms with E-state index in [-0.39, 0.29) is 17.7 Å². The molecule has 7 heteroatoms. The molecule has 2 heterocycles. The van der Waals surface area contributed by atoms with Crippen LogP contribution >= 0.6 is 0 Å². The van der Waals surface area contributed by atoms with Gasteiger partial charge < -0.3 is 10.3 Å². The van der Waals surface area contributed by atoms with Gasteiger partial charge in [0.05, 0.1) is 17.8 Å². The molecule has 1 saturated heterocycles. The van der Waals surface area contributed by atoms with Gasteiger partial charge in [-0.3, -0.25) is 0 Å². The first-order chi connectivity index (χ1) is 10.8. The van der Waals surface area contributed by atoms with Crippen LogP contribution in [0.15, 0.2) is 36.8 Å². The summed E-state index contributed by atoms with van der Waals surface area (Å²) in [6.45, 7) is 2.70. The van der Waals surface area contributed by atoms with Crippen molar-refractivity contribution >= 4 is 10.0 Å². The number of sulfonamides is 1. The smallest absolute Gasteiger partial charge is 0.218 e. The van der Waals surface area contributed by atoms with E-state index >= 15 is 0 Å². The third kappa shape index (κ3) is 3.46. The monoisotopic (exact) mass is 334 g/mol. The molecule has 6 nitrogen and oxygen atoms in total. The number of rotatable bonds is 4. The van der Waals surface area contributed by atoms with Crippen LogP contribution in [0.1, 0.15) is 22.7 Å². The standard InChI is InChI=1S/C16H22N4O2S/c1-12-4-3-5-13(6-12)10-23(21,22)20-7-14(15(17)8-20)16-9-19(2)11-18-16/h3-6,9,11,14-15H,7-8,10,17H2,1-2H3/t14-,15-/m1/s1. The molecule has 0 radical (unpaired) electrons. The summed E-state index contributed by atoms with van der Waals surface area (Å²) in [4.78, 5) is 4.32. The molecule has 1 aliphatic heterocycles. The summed E-state index contributed by atoms with van der Waals surface area (Å²) < 4.78 is 28.7. The van der Waals surface area contributed by atoms with Gasteiger partial charge in [-0.2, -0.15) is 4.31 Å². The summed E-state index contributed by atoms with van der Waals surface area (Å²) in [6, 6.07) is 7.36. The summed E-state index contributed by atoms with van der Waals surface area (Å²) in [5.74, 6) is -0.0421. The fourth-order valence-electron chi connectivity index (χ4n) is 3.06. The van der Waals surface area contributed by atoms with Gasteiger partial charge in [0.15, 0.2) is 0 Å². The highest BCUT2D eigenvalue weighted by Crippen LogP contribution is 2.28. The van der Waals surface area contributed by atoms with Crippen LogP contribution in [0.4, 0.5) is 0 Å². The van der Waals surface area contributed by atoms with E-state index in [2.05, 4.69) is 4.98 Å². The number of nitrogens with zero attached hydrogens (tertiary/aromatic N) is 3. The minimum absolute atomic E-state index is 0.0103. The van der Waals surface area contributed by atoms with Crippen molar-refractivity contribution in [2.24, 2.45) is 12.8 Å². The number of benzene rings is 1. The third-order valence-electron chi connectivity index (χ3n) is 4.26. The van der Waals surface area contributed by atoms with Crippen molar-refractivity contribution in [3.05, 3.63) is 53.6 Å². The highest BCUT2D eigenvalue weighted by Gasteiger charge is 2.38. The van der Waals surface area contributed by atoms with Gasteiger partial charge in [0.1, 0.15) is 0 Å². The van der Waals surface area contributed by atoms with E-state index in [1.165, 1.54) is 4.31 Å². The normalized spacial score (nSPS) is 22.6. The minimum atomic E-state index is -3.38. The lowest BCUT2D eigenvalue weighted by molar-refractivity contribution is 0.469. The van der Waals surface area contributed by atoms with E-state index in [0.29, 0.717) is 13.1 Å². The molecule has 2 aromatic rings. The lowest BCUT2D eigenvalue weighted by atomic mass is 10.0. The lowest BCUT2D eigenvalue weighted by Gasteiger charge is -2.16. The lowest BCUT2D eigenvalue weighted by Crippen LogP contribution is -2.33. The molecule has 0 saturated carbocycles. The van der Waals surface area contributed by atoms with Crippen LogP contribution in [0.3, 0.4) is 0 Å². The molecule has 0 unspecified atom stereocenters. The van der Waals surface area contributed by atoms with Gasteiger partial charge in [-0.25, -0.2) is 13.4 Å². The van der Waals surface area contributed by atoms with Crippen molar-refractivity contribution < 1.29 is 8.42 Å². The van der Waals surface area contributed by atoms with Crippen molar-refractivity contribution in [3.63, 3.8) is 0 Å². The minimum Gasteiger partial charge on any atom is -0.340 e. The van der Waals surface area contributed by atoms with Crippen LogP contribution in [0.5, 0.6) is 0 Å². The van der Waals surface area contributed by atoms with Gasteiger partial charge >= 0.3 is 0 Å². The Labute approximate surface area is 137 Å². The SMILES string of the molecule is Cc1cccc(CS(=O)(=O)N2C[C@@H](N)[C@H](c3cn(C)cn3)C2)c1. The molecular formula is C16H22N4O2S. The highest BCUT2D eigenvalue weighted by atomic mass is 32.2. The van der Waals surface area contributed by atoms with Crippen LogP contribution < -0.4 is 5.73 Å². The van der Waals surface area contributed by atoms with Crippen molar-refractivity contribution in [2.45, 2.75) is 24.6 Å². The summed E-state index contributed by atoms with van der Waals surface area (Å²) in [5, 5.41) is 0. The Morgan fingerprint density at radius 2 is 2.13 bits per heavy atom. The molecule has 0 spiro atoms. The van der Waals surface area contributed by atoms with Crippen LogP contribution in [0.25, 0.3) is 0 Å². The second kappa shape index (κ2) is 6.07. The quantitative estimate of drug-likeness (QED) is 0.904. The molecule has 0 aliphatic carbocycles. The molecule has 124 valence electrons. The predicted octanol–water partition coefficient (Wildman–Crippen LogP) is 0.985. The third-order valence-corrected chi connectivity index (χ3v) is 6.04. The number of aromatic nitrogens is 2. The second-order valence-electron chi connectivity index (χ2n) is 6.30. The molecule has 0 amide bonds. The second-order valence-corrected chi connectivity index (χ2v) is 8.27. The molecule has 1 aromatic carbocycles. The van der Waals surface area contributed by atoms with Crippen molar-refractivity contribution in [1.82, 2.24) is 13.9 Å². The largest absolute Gasteiger partial charge is 0.340 e. The Kier molecular flexibility index (Phi) is 4.27. The molecule has 2 atom stereocenters. The summed E-state index contributed by atoms with van der Waals surface area (Å²) in [6.07, 6.45) is 3.62. The van der Waals surface area contributed by atoms with Gasteiger partial charge in [0.2, 0.25) is 10.0 Å². The zero-order valence-electron chi connectivity index (χ0n) is 13.4. The fraction of sp³-hybridized carbons (Fsp3) is 0.438. The molecular weight excluding hydrogens is 312 g/mol. The molecule has 3 rings (SSSR count). The maximum absolute atomic E-state index is 12.7. The highest BCUT2D eigenvalue weighted by molar-refractivity contribution is 7.88. The van der Waals surface area contributed by atoms with E-state index in [9.17, 15) is 8.42 Å². The first-order valence-electron chi connectivity index (χ1n) is 7.62. The maximum atomic E-state index is 12.7. The van der Waals surface area contributed by atoms with Crippen molar-refractivity contribution in [1.29, 1.82) is 0 Å². The first kappa shape index (κ1) is 16.2. The Hall–Kier alpha value is -1.70. The van der Waals surface area contributed by atoms with Gasteiger partial charge in [0, 0.05) is 38.3 Å². The zero-order chi connectivity index (χ0) is 16.6. The van der Waals surface area contributed by atoms with Gasteiger partial charge in [-0.15, -0.1) is 0 Å². The van der Waals surface area contributed by atoms with E-state index < -0.39 is 10.0 Å². The first-order valence-corrected chi connectivity index (χ1v) is 9.23. The van der Waals surface area contributed by atoms with Gasteiger partial charge in [0.25, 0.3) is 0 Å². The van der Waals surface area contributed by atoms with E-state index in [1.807, 2.05) is 49.0 Å². The average Bonchev–Trinajstić information content (AvgIpc) is 3.04. The van der Waals surface area contributed by atoms with Gasteiger partial charge in [-0.05, 0) is 12.5 Å². The molecule has 1 aliphatic rings. The molecule has 0 bridgehead atoms. The fourth-order valence-corrected chi connectivity index (χ4v) is 4.63. The predicted molar refractivity (Wildman–Crippen MR) is 89.3 cm³/mol. The van der Waals surface area contributed by atoms with E-state index in [0.717, 1.165) is 16.8 Å². The zero-order valence-corrected chi connectivity index (χ0v) is 14.2. The van der Waals surface area contributed by atoms with Crippen molar-refractivity contribution in [3.8, 4) is 0 Å². The van der Waals surface area contributed by atoms with Crippen LogP contribution in [0.2, 0.25) is 0 Å². The Morgan fingerprint density at radius 1 is 1.35 bits per heavy atom.